The third-order valence-electron chi connectivity index (χ3n) is 3.05. The Balaban J connectivity index is 1.97. The number of carbonyl (C=O) groups is 1. The van der Waals surface area contributed by atoms with Crippen molar-refractivity contribution < 1.29 is 4.79 Å². The van der Waals surface area contributed by atoms with Crippen LogP contribution in [-0.4, -0.2) is 22.4 Å². The van der Waals surface area contributed by atoms with Gasteiger partial charge in [-0.3, -0.25) is 9.59 Å². The number of carbonyl (C=O) groups excluding carboxylic acids is 1. The van der Waals surface area contributed by atoms with Gasteiger partial charge in [0, 0.05) is 19.4 Å². The SMILES string of the molecule is CCCNC(=O)CCCc1nc2ccccc2c(=O)[nH]1. The molecular formula is C15H19N3O2. The van der Waals surface area contributed by atoms with E-state index in [2.05, 4.69) is 15.3 Å². The smallest absolute Gasteiger partial charge is 0.258 e. The summed E-state index contributed by atoms with van der Waals surface area (Å²) in [5.74, 6) is 0.687. The summed E-state index contributed by atoms with van der Waals surface area (Å²) in [6.45, 7) is 2.73. The normalized spacial score (nSPS) is 10.7. The first kappa shape index (κ1) is 14.2. The van der Waals surface area contributed by atoms with Crippen LogP contribution in [0.1, 0.15) is 32.0 Å². The predicted molar refractivity (Wildman–Crippen MR) is 78.6 cm³/mol. The minimum Gasteiger partial charge on any atom is -0.356 e. The first-order valence-corrected chi connectivity index (χ1v) is 6.95. The fourth-order valence-electron chi connectivity index (χ4n) is 2.02. The van der Waals surface area contributed by atoms with Crippen LogP contribution in [-0.2, 0) is 11.2 Å². The van der Waals surface area contributed by atoms with E-state index in [1.165, 1.54) is 0 Å². The number of aryl methyl sites for hydroxylation is 1. The van der Waals surface area contributed by atoms with Crippen molar-refractivity contribution in [3.05, 3.63) is 40.4 Å². The Morgan fingerprint density at radius 1 is 1.35 bits per heavy atom. The molecule has 2 rings (SSSR count). The lowest BCUT2D eigenvalue weighted by molar-refractivity contribution is -0.121. The Morgan fingerprint density at radius 3 is 2.95 bits per heavy atom. The summed E-state index contributed by atoms with van der Waals surface area (Å²) in [5.41, 5.74) is 0.572. The molecule has 0 radical (unpaired) electrons. The van der Waals surface area contributed by atoms with E-state index in [1.807, 2.05) is 25.1 Å². The summed E-state index contributed by atoms with van der Waals surface area (Å²) >= 11 is 0. The van der Waals surface area contributed by atoms with Gasteiger partial charge in [0.25, 0.3) is 5.56 Å². The van der Waals surface area contributed by atoms with Crippen LogP contribution in [0.5, 0.6) is 0 Å². The fourth-order valence-corrected chi connectivity index (χ4v) is 2.02. The van der Waals surface area contributed by atoms with E-state index in [0.717, 1.165) is 6.42 Å². The lowest BCUT2D eigenvalue weighted by Gasteiger charge is -2.04. The molecule has 0 aliphatic carbocycles. The van der Waals surface area contributed by atoms with Gasteiger partial charge < -0.3 is 10.3 Å². The highest BCUT2D eigenvalue weighted by Gasteiger charge is 2.05. The molecule has 5 heteroatoms. The molecule has 106 valence electrons. The van der Waals surface area contributed by atoms with Gasteiger partial charge in [-0.25, -0.2) is 4.98 Å². The second-order valence-electron chi connectivity index (χ2n) is 4.73. The van der Waals surface area contributed by atoms with Crippen molar-refractivity contribution in [2.24, 2.45) is 0 Å². The molecule has 0 aliphatic heterocycles. The Morgan fingerprint density at radius 2 is 2.15 bits per heavy atom. The van der Waals surface area contributed by atoms with Crippen LogP contribution in [0, 0.1) is 0 Å². The Hall–Kier alpha value is -2.17. The van der Waals surface area contributed by atoms with Crippen molar-refractivity contribution in [1.82, 2.24) is 15.3 Å². The molecule has 0 unspecified atom stereocenters. The van der Waals surface area contributed by atoms with Crippen molar-refractivity contribution in [2.45, 2.75) is 32.6 Å². The number of fused-ring (bicyclic) bond motifs is 1. The van der Waals surface area contributed by atoms with E-state index in [4.69, 9.17) is 0 Å². The van der Waals surface area contributed by atoms with Gasteiger partial charge >= 0.3 is 0 Å². The largest absolute Gasteiger partial charge is 0.356 e. The molecule has 0 saturated heterocycles. The maximum absolute atomic E-state index is 11.9. The Bertz CT molecular complexity index is 649. The maximum Gasteiger partial charge on any atom is 0.258 e. The number of benzene rings is 1. The number of aromatic nitrogens is 2. The molecule has 0 aliphatic rings. The molecule has 2 aromatic rings. The first-order chi connectivity index (χ1) is 9.70. The number of hydrogen-bond acceptors (Lipinski definition) is 3. The highest BCUT2D eigenvalue weighted by atomic mass is 16.1. The minimum atomic E-state index is -0.124. The zero-order valence-electron chi connectivity index (χ0n) is 11.6. The Labute approximate surface area is 117 Å². The van der Waals surface area contributed by atoms with Crippen molar-refractivity contribution in [1.29, 1.82) is 0 Å². The molecule has 0 spiro atoms. The average Bonchev–Trinajstić information content (AvgIpc) is 2.45. The quantitative estimate of drug-likeness (QED) is 0.842. The van der Waals surface area contributed by atoms with E-state index in [1.54, 1.807) is 6.07 Å². The highest BCUT2D eigenvalue weighted by molar-refractivity contribution is 5.77. The number of aromatic amines is 1. The summed E-state index contributed by atoms with van der Waals surface area (Å²) in [4.78, 5) is 30.5. The van der Waals surface area contributed by atoms with E-state index >= 15 is 0 Å². The zero-order valence-corrected chi connectivity index (χ0v) is 11.6. The number of nitrogens with one attached hydrogen (secondary N) is 2. The first-order valence-electron chi connectivity index (χ1n) is 6.95. The standard InChI is InChI=1S/C15H19N3O2/c1-2-10-16-14(19)9-5-8-13-17-12-7-4-3-6-11(12)15(20)18-13/h3-4,6-7H,2,5,8-10H2,1H3,(H,16,19)(H,17,18,20). The molecule has 0 fully saturated rings. The van der Waals surface area contributed by atoms with Crippen LogP contribution in [0.15, 0.2) is 29.1 Å². The van der Waals surface area contributed by atoms with Crippen LogP contribution in [0.4, 0.5) is 0 Å². The van der Waals surface area contributed by atoms with Crippen LogP contribution in [0.2, 0.25) is 0 Å². The van der Waals surface area contributed by atoms with E-state index < -0.39 is 0 Å². The monoisotopic (exact) mass is 273 g/mol. The van der Waals surface area contributed by atoms with Crippen molar-refractivity contribution in [3.63, 3.8) is 0 Å². The van der Waals surface area contributed by atoms with Crippen molar-refractivity contribution >= 4 is 16.8 Å². The third-order valence-corrected chi connectivity index (χ3v) is 3.05. The van der Waals surface area contributed by atoms with E-state index in [0.29, 0.717) is 42.5 Å². The van der Waals surface area contributed by atoms with Gasteiger partial charge in [-0.2, -0.15) is 0 Å². The molecule has 20 heavy (non-hydrogen) atoms. The molecule has 0 saturated carbocycles. The lowest BCUT2D eigenvalue weighted by Crippen LogP contribution is -2.23. The lowest BCUT2D eigenvalue weighted by atomic mass is 10.2. The maximum atomic E-state index is 11.9. The van der Waals surface area contributed by atoms with Crippen LogP contribution in [0.3, 0.4) is 0 Å². The molecule has 1 heterocycles. The van der Waals surface area contributed by atoms with Crippen molar-refractivity contribution in [3.8, 4) is 0 Å². The molecule has 0 bridgehead atoms. The number of nitrogens with zero attached hydrogens (tertiary/aromatic N) is 1. The van der Waals surface area contributed by atoms with Crippen molar-refractivity contribution in [2.75, 3.05) is 6.54 Å². The van der Waals surface area contributed by atoms with E-state index in [9.17, 15) is 9.59 Å². The van der Waals surface area contributed by atoms with Gasteiger partial charge in [0.1, 0.15) is 5.82 Å². The molecule has 1 aromatic heterocycles. The predicted octanol–water partition coefficient (Wildman–Crippen LogP) is 1.77. The zero-order chi connectivity index (χ0) is 14.4. The summed E-state index contributed by atoms with van der Waals surface area (Å²) in [6, 6.07) is 7.25. The number of amides is 1. The van der Waals surface area contributed by atoms with Crippen LogP contribution >= 0.6 is 0 Å². The number of hydrogen-bond donors (Lipinski definition) is 2. The molecule has 0 atom stereocenters. The van der Waals surface area contributed by atoms with Gasteiger partial charge in [0.2, 0.25) is 5.91 Å². The fraction of sp³-hybridized carbons (Fsp3) is 0.400. The van der Waals surface area contributed by atoms with Gasteiger partial charge in [0.15, 0.2) is 0 Å². The number of H-pyrrole nitrogens is 1. The molecule has 2 N–H and O–H groups in total. The second-order valence-corrected chi connectivity index (χ2v) is 4.73. The van der Waals surface area contributed by atoms with E-state index in [-0.39, 0.29) is 11.5 Å². The average molecular weight is 273 g/mol. The molecule has 5 nitrogen and oxygen atoms in total. The number of para-hydroxylation sites is 1. The molecule has 1 amide bonds. The van der Waals surface area contributed by atoms with Gasteiger partial charge in [-0.05, 0) is 25.0 Å². The Kier molecular flexibility index (Phi) is 4.87. The third kappa shape index (κ3) is 3.66. The second kappa shape index (κ2) is 6.84. The van der Waals surface area contributed by atoms with Gasteiger partial charge in [-0.15, -0.1) is 0 Å². The van der Waals surface area contributed by atoms with Gasteiger partial charge in [0.05, 0.1) is 10.9 Å². The minimum absolute atomic E-state index is 0.0509. The molecule has 1 aromatic carbocycles. The number of rotatable bonds is 6. The van der Waals surface area contributed by atoms with Gasteiger partial charge in [-0.1, -0.05) is 19.1 Å². The summed E-state index contributed by atoms with van der Waals surface area (Å²) in [6.07, 6.45) is 2.66. The summed E-state index contributed by atoms with van der Waals surface area (Å²) in [7, 11) is 0. The summed E-state index contributed by atoms with van der Waals surface area (Å²) in [5, 5.41) is 3.42. The highest BCUT2D eigenvalue weighted by Crippen LogP contribution is 2.07. The topological polar surface area (TPSA) is 74.8 Å². The van der Waals surface area contributed by atoms with Crippen LogP contribution in [0.25, 0.3) is 10.9 Å². The molecular weight excluding hydrogens is 254 g/mol. The van der Waals surface area contributed by atoms with Crippen LogP contribution < -0.4 is 10.9 Å². The summed E-state index contributed by atoms with van der Waals surface area (Å²) < 4.78 is 0.